The van der Waals surface area contributed by atoms with E-state index in [1.54, 1.807) is 26.4 Å². The standard InChI is InChI=1S/C28H39N3O5/c1-34-23-9-10-26(32)22(18-23)20-29-13-12-24(21(19-29)8-11-28(33)36-3)30-14-16-31(17-15-30)25-6-4-5-7-27(25)35-2/h4-7,9-10,18,21,24,32H,8,11-17,19-20H2,1-3H3/t21-,24+/m1/s1. The first-order chi connectivity index (χ1) is 17.5. The number of carbonyl (C=O) groups excluding carboxylic acids is 1. The van der Waals surface area contributed by atoms with Crippen molar-refractivity contribution in [2.45, 2.75) is 31.8 Å². The van der Waals surface area contributed by atoms with Crippen LogP contribution in [-0.2, 0) is 16.1 Å². The number of likely N-dealkylation sites (tertiary alicyclic amines) is 1. The molecule has 2 fully saturated rings. The first kappa shape index (κ1) is 26.1. The average molecular weight is 498 g/mol. The molecular weight excluding hydrogens is 458 g/mol. The Balaban J connectivity index is 1.42. The first-order valence-corrected chi connectivity index (χ1v) is 12.8. The molecule has 1 N–H and O–H groups in total. The van der Waals surface area contributed by atoms with Gasteiger partial charge < -0.3 is 24.2 Å². The van der Waals surface area contributed by atoms with E-state index in [0.717, 1.165) is 74.9 Å². The Hall–Kier alpha value is -2.97. The fourth-order valence-corrected chi connectivity index (χ4v) is 5.65. The summed E-state index contributed by atoms with van der Waals surface area (Å²) in [6.07, 6.45) is 2.26. The molecule has 0 radical (unpaired) electrons. The predicted molar refractivity (Wildman–Crippen MR) is 140 cm³/mol. The summed E-state index contributed by atoms with van der Waals surface area (Å²) < 4.78 is 15.9. The number of anilines is 1. The van der Waals surface area contributed by atoms with Gasteiger partial charge >= 0.3 is 5.97 Å². The number of ether oxygens (including phenoxy) is 3. The van der Waals surface area contributed by atoms with E-state index in [4.69, 9.17) is 14.2 Å². The molecule has 0 saturated carbocycles. The van der Waals surface area contributed by atoms with E-state index in [9.17, 15) is 9.90 Å². The van der Waals surface area contributed by atoms with Crippen molar-refractivity contribution in [3.05, 3.63) is 48.0 Å². The molecule has 2 saturated heterocycles. The van der Waals surface area contributed by atoms with Gasteiger partial charge in [0.25, 0.3) is 0 Å². The molecule has 0 spiro atoms. The van der Waals surface area contributed by atoms with Crippen LogP contribution in [-0.4, -0.2) is 87.5 Å². The third-order valence-corrected chi connectivity index (χ3v) is 7.61. The minimum Gasteiger partial charge on any atom is -0.508 e. The maximum Gasteiger partial charge on any atom is 0.305 e. The fraction of sp³-hybridized carbons (Fsp3) is 0.536. The van der Waals surface area contributed by atoms with Gasteiger partial charge in [-0.05, 0) is 55.6 Å². The number of rotatable bonds is 9. The van der Waals surface area contributed by atoms with Crippen molar-refractivity contribution in [1.82, 2.24) is 9.80 Å². The Morgan fingerprint density at radius 2 is 1.78 bits per heavy atom. The van der Waals surface area contributed by atoms with Gasteiger partial charge in [-0.25, -0.2) is 0 Å². The number of hydrogen-bond acceptors (Lipinski definition) is 8. The summed E-state index contributed by atoms with van der Waals surface area (Å²) in [6, 6.07) is 14.0. The van der Waals surface area contributed by atoms with Gasteiger partial charge in [-0.3, -0.25) is 14.6 Å². The van der Waals surface area contributed by atoms with E-state index in [-0.39, 0.29) is 11.7 Å². The van der Waals surface area contributed by atoms with Crippen LogP contribution in [0.15, 0.2) is 42.5 Å². The SMILES string of the molecule is COC(=O)CC[C@@H]1CN(Cc2cc(OC)ccc2O)CC[C@@H]1N1CCN(c2ccccc2OC)CC1. The Morgan fingerprint density at radius 1 is 1.00 bits per heavy atom. The second-order valence-electron chi connectivity index (χ2n) is 9.66. The van der Waals surface area contributed by atoms with Crippen LogP contribution in [0.5, 0.6) is 17.2 Å². The smallest absolute Gasteiger partial charge is 0.305 e. The molecule has 0 unspecified atom stereocenters. The molecule has 2 heterocycles. The zero-order chi connectivity index (χ0) is 25.5. The number of esters is 1. The summed E-state index contributed by atoms with van der Waals surface area (Å²) in [4.78, 5) is 19.4. The number of nitrogens with zero attached hydrogens (tertiary/aromatic N) is 3. The summed E-state index contributed by atoms with van der Waals surface area (Å²) in [5.41, 5.74) is 2.01. The Labute approximate surface area is 214 Å². The Kier molecular flexibility index (Phi) is 8.93. The van der Waals surface area contributed by atoms with Gasteiger partial charge in [-0.1, -0.05) is 12.1 Å². The van der Waals surface area contributed by atoms with Crippen molar-refractivity contribution in [3.8, 4) is 17.2 Å². The molecule has 2 atom stereocenters. The summed E-state index contributed by atoms with van der Waals surface area (Å²) in [7, 11) is 4.81. The molecule has 0 amide bonds. The highest BCUT2D eigenvalue weighted by Gasteiger charge is 2.35. The number of hydrogen-bond donors (Lipinski definition) is 1. The molecule has 2 aromatic carbocycles. The number of piperazine rings is 1. The molecule has 0 aromatic heterocycles. The summed E-state index contributed by atoms with van der Waals surface area (Å²) in [5, 5.41) is 10.4. The summed E-state index contributed by atoms with van der Waals surface area (Å²) >= 11 is 0. The van der Waals surface area contributed by atoms with Gasteiger partial charge in [0.15, 0.2) is 0 Å². The van der Waals surface area contributed by atoms with Gasteiger partial charge in [0.1, 0.15) is 17.2 Å². The van der Waals surface area contributed by atoms with Crippen molar-refractivity contribution in [2.75, 3.05) is 65.5 Å². The minimum atomic E-state index is -0.155. The lowest BCUT2D eigenvalue weighted by molar-refractivity contribution is -0.141. The van der Waals surface area contributed by atoms with E-state index in [0.29, 0.717) is 24.9 Å². The molecule has 2 aliphatic rings. The van der Waals surface area contributed by atoms with Crippen molar-refractivity contribution in [1.29, 1.82) is 0 Å². The lowest BCUT2D eigenvalue weighted by Gasteiger charge is -2.47. The number of piperidine rings is 1. The van der Waals surface area contributed by atoms with Crippen LogP contribution in [0.4, 0.5) is 5.69 Å². The van der Waals surface area contributed by atoms with Crippen LogP contribution in [0.2, 0.25) is 0 Å². The van der Waals surface area contributed by atoms with E-state index in [2.05, 4.69) is 26.8 Å². The number of carbonyl (C=O) groups is 1. The predicted octanol–water partition coefficient (Wildman–Crippen LogP) is 3.38. The van der Waals surface area contributed by atoms with Crippen LogP contribution >= 0.6 is 0 Å². The van der Waals surface area contributed by atoms with E-state index in [1.807, 2.05) is 18.2 Å². The van der Waals surface area contributed by atoms with Gasteiger partial charge in [-0.2, -0.15) is 0 Å². The molecule has 0 aliphatic carbocycles. The highest BCUT2D eigenvalue weighted by molar-refractivity contribution is 5.69. The zero-order valence-corrected chi connectivity index (χ0v) is 21.7. The van der Waals surface area contributed by atoms with Crippen LogP contribution in [0, 0.1) is 5.92 Å². The molecule has 196 valence electrons. The van der Waals surface area contributed by atoms with Gasteiger partial charge in [-0.15, -0.1) is 0 Å². The van der Waals surface area contributed by atoms with Crippen molar-refractivity contribution < 1.29 is 24.1 Å². The normalized spacial score (nSPS) is 21.2. The highest BCUT2D eigenvalue weighted by Crippen LogP contribution is 2.33. The number of para-hydroxylation sites is 2. The lowest BCUT2D eigenvalue weighted by atomic mass is 9.86. The number of benzene rings is 2. The monoisotopic (exact) mass is 497 g/mol. The molecular formula is C28H39N3O5. The van der Waals surface area contributed by atoms with Gasteiger partial charge in [0.2, 0.25) is 0 Å². The number of phenols is 1. The third-order valence-electron chi connectivity index (χ3n) is 7.61. The van der Waals surface area contributed by atoms with E-state index < -0.39 is 0 Å². The number of phenolic OH excluding ortho intramolecular Hbond substituents is 1. The van der Waals surface area contributed by atoms with Crippen molar-refractivity contribution >= 4 is 11.7 Å². The fourth-order valence-electron chi connectivity index (χ4n) is 5.65. The van der Waals surface area contributed by atoms with Crippen LogP contribution in [0.25, 0.3) is 0 Å². The maximum absolute atomic E-state index is 12.0. The molecule has 8 nitrogen and oxygen atoms in total. The van der Waals surface area contributed by atoms with Crippen molar-refractivity contribution in [3.63, 3.8) is 0 Å². The quantitative estimate of drug-likeness (QED) is 0.529. The molecule has 0 bridgehead atoms. The highest BCUT2D eigenvalue weighted by atomic mass is 16.5. The first-order valence-electron chi connectivity index (χ1n) is 12.8. The number of methoxy groups -OCH3 is 3. The second-order valence-corrected chi connectivity index (χ2v) is 9.66. The van der Waals surface area contributed by atoms with Crippen molar-refractivity contribution in [2.24, 2.45) is 5.92 Å². The van der Waals surface area contributed by atoms with Gasteiger partial charge in [0.05, 0.1) is 27.0 Å². The third kappa shape index (κ3) is 6.23. The van der Waals surface area contributed by atoms with E-state index >= 15 is 0 Å². The van der Waals surface area contributed by atoms with Crippen LogP contribution in [0.3, 0.4) is 0 Å². The largest absolute Gasteiger partial charge is 0.508 e. The minimum absolute atomic E-state index is 0.155. The zero-order valence-electron chi connectivity index (χ0n) is 21.7. The van der Waals surface area contributed by atoms with Gasteiger partial charge in [0, 0.05) is 57.3 Å². The van der Waals surface area contributed by atoms with Crippen LogP contribution in [0.1, 0.15) is 24.8 Å². The summed E-state index contributed by atoms with van der Waals surface area (Å²) in [6.45, 7) is 6.34. The molecule has 36 heavy (non-hydrogen) atoms. The maximum atomic E-state index is 12.0. The average Bonchev–Trinajstić information content (AvgIpc) is 2.93. The molecule has 8 heteroatoms. The topological polar surface area (TPSA) is 74.7 Å². The Bertz CT molecular complexity index is 1010. The molecule has 4 rings (SSSR count). The lowest BCUT2D eigenvalue weighted by Crippen LogP contribution is -2.56. The number of aromatic hydroxyl groups is 1. The molecule has 2 aliphatic heterocycles. The Morgan fingerprint density at radius 3 is 2.50 bits per heavy atom. The van der Waals surface area contributed by atoms with Crippen LogP contribution < -0.4 is 14.4 Å². The summed E-state index contributed by atoms with van der Waals surface area (Å²) in [5.74, 6) is 2.14. The van der Waals surface area contributed by atoms with E-state index in [1.165, 1.54) is 7.11 Å². The molecule has 2 aromatic rings. The second kappa shape index (κ2) is 12.3.